The van der Waals surface area contributed by atoms with Crippen molar-refractivity contribution in [3.63, 3.8) is 0 Å². The monoisotopic (exact) mass is 345 g/mol. The van der Waals surface area contributed by atoms with Crippen molar-refractivity contribution in [2.75, 3.05) is 6.54 Å². The number of carbonyl (C=O) groups is 2. The molecule has 2 aromatic rings. The van der Waals surface area contributed by atoms with Gasteiger partial charge in [-0.3, -0.25) is 9.59 Å². The van der Waals surface area contributed by atoms with Crippen LogP contribution in [0.25, 0.3) is 0 Å². The molecule has 2 aliphatic rings. The minimum absolute atomic E-state index is 0.0268. The van der Waals surface area contributed by atoms with Crippen LogP contribution in [0.15, 0.2) is 60.2 Å². The van der Waals surface area contributed by atoms with Crippen LogP contribution in [0.3, 0.4) is 0 Å². The molecule has 2 atom stereocenters. The van der Waals surface area contributed by atoms with Crippen molar-refractivity contribution < 1.29 is 9.59 Å². The maximum atomic E-state index is 13.1. The highest BCUT2D eigenvalue weighted by Gasteiger charge is 2.45. The number of amides is 1. The first kappa shape index (κ1) is 16.8. The van der Waals surface area contributed by atoms with E-state index < -0.39 is 0 Å². The molecular weight excluding hydrogens is 322 g/mol. The van der Waals surface area contributed by atoms with E-state index in [1.165, 1.54) is 11.1 Å². The van der Waals surface area contributed by atoms with Crippen LogP contribution in [-0.2, 0) is 11.2 Å². The van der Waals surface area contributed by atoms with E-state index in [-0.39, 0.29) is 23.7 Å². The third kappa shape index (κ3) is 2.68. The Labute approximate surface area is 154 Å². The Hall–Kier alpha value is -2.68. The number of nitrogens with zero attached hydrogens (tertiary/aromatic N) is 1. The molecule has 0 spiro atoms. The fourth-order valence-electron chi connectivity index (χ4n) is 4.23. The molecule has 4 rings (SSSR count). The van der Waals surface area contributed by atoms with Gasteiger partial charge in [0, 0.05) is 18.5 Å². The van der Waals surface area contributed by atoms with Gasteiger partial charge in [0.25, 0.3) is 5.91 Å². The highest BCUT2D eigenvalue weighted by Crippen LogP contribution is 2.46. The van der Waals surface area contributed by atoms with E-state index in [0.29, 0.717) is 13.0 Å². The quantitative estimate of drug-likeness (QED) is 0.771. The van der Waals surface area contributed by atoms with E-state index in [1.54, 1.807) is 0 Å². The van der Waals surface area contributed by atoms with E-state index >= 15 is 0 Å². The Bertz CT molecular complexity index is 908. The van der Waals surface area contributed by atoms with E-state index in [4.69, 9.17) is 0 Å². The molecule has 0 bridgehead atoms. The predicted octanol–water partition coefficient (Wildman–Crippen LogP) is 4.45. The van der Waals surface area contributed by atoms with E-state index in [1.807, 2.05) is 55.1 Å². The highest BCUT2D eigenvalue weighted by atomic mass is 16.2. The number of fused-ring (bicyclic) bond motifs is 2. The number of ketones is 1. The minimum Gasteiger partial charge on any atom is -0.327 e. The molecule has 1 amide bonds. The molecule has 0 radical (unpaired) electrons. The van der Waals surface area contributed by atoms with Crippen molar-refractivity contribution >= 4 is 11.7 Å². The van der Waals surface area contributed by atoms with Gasteiger partial charge in [0.2, 0.25) is 0 Å². The second-order valence-electron chi connectivity index (χ2n) is 7.41. The standard InChI is InChI=1S/C23H23NO2/c1-15(2)13-14-24-22(18-9-5-6-10-19(18)23(24)26)21-17-8-4-3-7-16(17)11-12-20(21)25/h3-10,13,21-22H,11-12,14H2,1-2H3. The molecule has 26 heavy (non-hydrogen) atoms. The van der Waals surface area contributed by atoms with Crippen LogP contribution < -0.4 is 0 Å². The number of benzene rings is 2. The average Bonchev–Trinajstić information content (AvgIpc) is 2.92. The first-order valence-electron chi connectivity index (χ1n) is 9.21. The Morgan fingerprint density at radius 3 is 2.46 bits per heavy atom. The van der Waals surface area contributed by atoms with Gasteiger partial charge in [-0.2, -0.15) is 0 Å². The first-order valence-corrected chi connectivity index (χ1v) is 9.21. The van der Waals surface area contributed by atoms with E-state index in [2.05, 4.69) is 18.2 Å². The first-order chi connectivity index (χ1) is 12.6. The summed E-state index contributed by atoms with van der Waals surface area (Å²) in [4.78, 5) is 27.9. The predicted molar refractivity (Wildman–Crippen MR) is 102 cm³/mol. The fourth-order valence-corrected chi connectivity index (χ4v) is 4.23. The van der Waals surface area contributed by atoms with Gasteiger partial charge < -0.3 is 4.90 Å². The van der Waals surface area contributed by atoms with Crippen molar-refractivity contribution in [3.05, 3.63) is 82.4 Å². The minimum atomic E-state index is -0.280. The second-order valence-corrected chi connectivity index (χ2v) is 7.41. The van der Waals surface area contributed by atoms with E-state index in [0.717, 1.165) is 23.1 Å². The summed E-state index contributed by atoms with van der Waals surface area (Å²) in [6, 6.07) is 15.7. The number of carbonyl (C=O) groups excluding carboxylic acids is 2. The SMILES string of the molecule is CC(C)=CCN1C(=O)c2ccccc2C1C1C(=O)CCc2ccccc21. The number of rotatable bonds is 3. The Morgan fingerprint density at radius 2 is 1.69 bits per heavy atom. The molecule has 1 aliphatic carbocycles. The van der Waals surface area contributed by atoms with Crippen LogP contribution in [0.5, 0.6) is 0 Å². The summed E-state index contributed by atoms with van der Waals surface area (Å²) >= 11 is 0. The molecular formula is C23H23NO2. The summed E-state index contributed by atoms with van der Waals surface area (Å²) in [5.74, 6) is -0.0162. The lowest BCUT2D eigenvalue weighted by molar-refractivity contribution is -0.122. The number of Topliss-reactive ketones (excluding diaryl/α,β-unsaturated/α-hetero) is 1. The largest absolute Gasteiger partial charge is 0.327 e. The molecule has 3 nitrogen and oxygen atoms in total. The summed E-state index contributed by atoms with van der Waals surface area (Å²) in [5.41, 5.74) is 5.20. The lowest BCUT2D eigenvalue weighted by atomic mass is 9.76. The van der Waals surface area contributed by atoms with Crippen molar-refractivity contribution in [3.8, 4) is 0 Å². The number of hydrogen-bond acceptors (Lipinski definition) is 2. The van der Waals surface area contributed by atoms with Crippen LogP contribution in [0, 0.1) is 0 Å². The average molecular weight is 345 g/mol. The molecule has 1 aliphatic heterocycles. The number of aryl methyl sites for hydroxylation is 1. The molecule has 3 heteroatoms. The van der Waals surface area contributed by atoms with Crippen LogP contribution in [0.1, 0.15) is 59.3 Å². The van der Waals surface area contributed by atoms with Gasteiger partial charge in [0.15, 0.2) is 0 Å². The molecule has 0 fully saturated rings. The van der Waals surface area contributed by atoms with Crippen LogP contribution >= 0.6 is 0 Å². The van der Waals surface area contributed by atoms with Gasteiger partial charge >= 0.3 is 0 Å². The molecule has 132 valence electrons. The third-order valence-electron chi connectivity index (χ3n) is 5.50. The van der Waals surface area contributed by atoms with Crippen LogP contribution in [0.2, 0.25) is 0 Å². The Morgan fingerprint density at radius 1 is 1.00 bits per heavy atom. The van der Waals surface area contributed by atoms with Crippen molar-refractivity contribution in [1.29, 1.82) is 0 Å². The maximum absolute atomic E-state index is 13.1. The lowest BCUT2D eigenvalue weighted by Crippen LogP contribution is -2.36. The van der Waals surface area contributed by atoms with Crippen molar-refractivity contribution in [1.82, 2.24) is 4.90 Å². The number of hydrogen-bond donors (Lipinski definition) is 0. The molecule has 2 aromatic carbocycles. The molecule has 0 N–H and O–H groups in total. The van der Waals surface area contributed by atoms with Gasteiger partial charge in [0.1, 0.15) is 5.78 Å². The normalized spacial score (nSPS) is 21.4. The van der Waals surface area contributed by atoms with E-state index in [9.17, 15) is 9.59 Å². The summed E-state index contributed by atoms with van der Waals surface area (Å²) in [5, 5.41) is 0. The molecule has 1 heterocycles. The van der Waals surface area contributed by atoms with Crippen molar-refractivity contribution in [2.45, 2.75) is 38.6 Å². The van der Waals surface area contributed by atoms with Gasteiger partial charge in [-0.1, -0.05) is 54.1 Å². The van der Waals surface area contributed by atoms with Gasteiger partial charge in [-0.25, -0.2) is 0 Å². The number of allylic oxidation sites excluding steroid dienone is 1. The second kappa shape index (κ2) is 6.56. The maximum Gasteiger partial charge on any atom is 0.255 e. The summed E-state index contributed by atoms with van der Waals surface area (Å²) < 4.78 is 0. The third-order valence-corrected chi connectivity index (χ3v) is 5.50. The van der Waals surface area contributed by atoms with Gasteiger partial charge in [-0.05, 0) is 43.0 Å². The zero-order valence-electron chi connectivity index (χ0n) is 15.2. The molecule has 0 aromatic heterocycles. The molecule has 0 saturated heterocycles. The highest BCUT2D eigenvalue weighted by molar-refractivity contribution is 6.01. The summed E-state index contributed by atoms with van der Waals surface area (Å²) in [6.45, 7) is 4.60. The van der Waals surface area contributed by atoms with Gasteiger partial charge in [0.05, 0.1) is 12.0 Å². The summed E-state index contributed by atoms with van der Waals surface area (Å²) in [7, 11) is 0. The zero-order chi connectivity index (χ0) is 18.3. The fraction of sp³-hybridized carbons (Fsp3) is 0.304. The molecule has 2 unspecified atom stereocenters. The smallest absolute Gasteiger partial charge is 0.255 e. The van der Waals surface area contributed by atoms with Crippen LogP contribution in [-0.4, -0.2) is 23.1 Å². The van der Waals surface area contributed by atoms with Crippen LogP contribution in [0.4, 0.5) is 0 Å². The topological polar surface area (TPSA) is 37.4 Å². The zero-order valence-corrected chi connectivity index (χ0v) is 15.2. The van der Waals surface area contributed by atoms with Gasteiger partial charge in [-0.15, -0.1) is 0 Å². The Kier molecular flexibility index (Phi) is 4.23. The Balaban J connectivity index is 1.85. The molecule has 0 saturated carbocycles. The lowest BCUT2D eigenvalue weighted by Gasteiger charge is -2.34. The van der Waals surface area contributed by atoms with Crippen molar-refractivity contribution in [2.24, 2.45) is 0 Å². The summed E-state index contributed by atoms with van der Waals surface area (Å²) in [6.07, 6.45) is 3.41.